The minimum atomic E-state index is -0.0640. The number of halogens is 1. The first kappa shape index (κ1) is 11.5. The molecule has 0 spiro atoms. The molecule has 0 aliphatic rings. The van der Waals surface area contributed by atoms with E-state index in [1.165, 1.54) is 10.4 Å². The number of hydrogen-bond donors (Lipinski definition) is 0. The Morgan fingerprint density at radius 3 is 2.38 bits per heavy atom. The van der Waals surface area contributed by atoms with E-state index in [4.69, 9.17) is 16.3 Å². The first-order chi connectivity index (χ1) is 7.72. The Labute approximate surface area is 105 Å². The van der Waals surface area contributed by atoms with Crippen molar-refractivity contribution < 1.29 is 4.74 Å². The van der Waals surface area contributed by atoms with E-state index in [2.05, 4.69) is 18.4 Å². The lowest BCUT2D eigenvalue weighted by atomic mass is 10.1. The van der Waals surface area contributed by atoms with Gasteiger partial charge in [0.05, 0.1) is 12.5 Å². The molecule has 3 heteroatoms. The molecule has 0 aliphatic heterocycles. The van der Waals surface area contributed by atoms with Crippen LogP contribution in [-0.4, -0.2) is 7.11 Å². The highest BCUT2D eigenvalue weighted by atomic mass is 35.5. The number of alkyl halides is 1. The Balaban J connectivity index is 2.27. The fourth-order valence-electron chi connectivity index (χ4n) is 1.57. The van der Waals surface area contributed by atoms with Crippen LogP contribution in [0, 0.1) is 6.92 Å². The van der Waals surface area contributed by atoms with Gasteiger partial charge in [-0.15, -0.1) is 22.9 Å². The molecular weight excluding hydrogens is 240 g/mol. The summed E-state index contributed by atoms with van der Waals surface area (Å²) in [5.74, 6) is 0.857. The van der Waals surface area contributed by atoms with Crippen LogP contribution in [0.3, 0.4) is 0 Å². The zero-order valence-electron chi connectivity index (χ0n) is 9.24. The molecular formula is C13H13ClOS. The number of aryl methyl sites for hydroxylation is 1. The maximum absolute atomic E-state index is 6.44. The lowest BCUT2D eigenvalue weighted by molar-refractivity contribution is 0.414. The van der Waals surface area contributed by atoms with Crippen molar-refractivity contribution in [1.82, 2.24) is 0 Å². The van der Waals surface area contributed by atoms with E-state index in [0.717, 1.165) is 11.3 Å². The summed E-state index contributed by atoms with van der Waals surface area (Å²) < 4.78 is 5.12. The molecule has 2 aromatic rings. The molecule has 1 aromatic carbocycles. The molecule has 0 N–H and O–H groups in total. The van der Waals surface area contributed by atoms with E-state index in [1.54, 1.807) is 18.4 Å². The summed E-state index contributed by atoms with van der Waals surface area (Å²) in [4.78, 5) is 1.21. The molecule has 0 aliphatic carbocycles. The van der Waals surface area contributed by atoms with E-state index in [-0.39, 0.29) is 5.38 Å². The number of rotatable bonds is 3. The summed E-state index contributed by atoms with van der Waals surface area (Å²) in [6, 6.07) is 9.99. The number of thiophene rings is 1. The summed E-state index contributed by atoms with van der Waals surface area (Å²) in [5.41, 5.74) is 2.36. The van der Waals surface area contributed by atoms with E-state index in [1.807, 2.05) is 24.3 Å². The predicted octanol–water partition coefficient (Wildman–Crippen LogP) is 4.39. The second-order valence-electron chi connectivity index (χ2n) is 3.60. The molecule has 0 saturated heterocycles. The standard InChI is InChI=1S/C13H13ClOS/c1-9-7-8-16-13(9)12(14)10-3-5-11(15-2)6-4-10/h3-8,12H,1-2H3. The largest absolute Gasteiger partial charge is 0.497 e. The van der Waals surface area contributed by atoms with E-state index < -0.39 is 0 Å². The van der Waals surface area contributed by atoms with Gasteiger partial charge in [0, 0.05) is 4.88 Å². The monoisotopic (exact) mass is 252 g/mol. The normalized spacial score (nSPS) is 12.4. The quantitative estimate of drug-likeness (QED) is 0.736. The zero-order chi connectivity index (χ0) is 11.5. The van der Waals surface area contributed by atoms with Gasteiger partial charge in [-0.2, -0.15) is 0 Å². The molecule has 0 radical (unpaired) electrons. The van der Waals surface area contributed by atoms with Crippen molar-refractivity contribution in [3.63, 3.8) is 0 Å². The van der Waals surface area contributed by atoms with Crippen molar-refractivity contribution in [3.05, 3.63) is 51.7 Å². The van der Waals surface area contributed by atoms with Crippen LogP contribution in [0.25, 0.3) is 0 Å². The van der Waals surface area contributed by atoms with Crippen LogP contribution in [0.1, 0.15) is 21.4 Å². The van der Waals surface area contributed by atoms with Crippen molar-refractivity contribution in [1.29, 1.82) is 0 Å². The van der Waals surface area contributed by atoms with Crippen molar-refractivity contribution in [2.45, 2.75) is 12.3 Å². The van der Waals surface area contributed by atoms with Gasteiger partial charge >= 0.3 is 0 Å². The van der Waals surface area contributed by atoms with Gasteiger partial charge in [0.15, 0.2) is 0 Å². The Morgan fingerprint density at radius 2 is 1.88 bits per heavy atom. The second kappa shape index (κ2) is 4.89. The molecule has 1 nitrogen and oxygen atoms in total. The second-order valence-corrected chi connectivity index (χ2v) is 4.99. The lowest BCUT2D eigenvalue weighted by Gasteiger charge is -2.10. The van der Waals surface area contributed by atoms with Crippen LogP contribution in [0.4, 0.5) is 0 Å². The van der Waals surface area contributed by atoms with Gasteiger partial charge < -0.3 is 4.74 Å². The fraction of sp³-hybridized carbons (Fsp3) is 0.231. The van der Waals surface area contributed by atoms with Gasteiger partial charge in [-0.3, -0.25) is 0 Å². The average molecular weight is 253 g/mol. The molecule has 2 rings (SSSR count). The third-order valence-corrected chi connectivity index (χ3v) is 4.22. The smallest absolute Gasteiger partial charge is 0.118 e. The van der Waals surface area contributed by atoms with Gasteiger partial charge in [0.25, 0.3) is 0 Å². The Kier molecular flexibility index (Phi) is 3.52. The van der Waals surface area contributed by atoms with Crippen molar-refractivity contribution in [2.75, 3.05) is 7.11 Å². The fourth-order valence-corrected chi connectivity index (χ4v) is 2.97. The van der Waals surface area contributed by atoms with Crippen molar-refractivity contribution >= 4 is 22.9 Å². The van der Waals surface area contributed by atoms with E-state index >= 15 is 0 Å². The van der Waals surface area contributed by atoms with Gasteiger partial charge in [-0.05, 0) is 41.6 Å². The Morgan fingerprint density at radius 1 is 1.19 bits per heavy atom. The third kappa shape index (κ3) is 2.23. The molecule has 0 amide bonds. The van der Waals surface area contributed by atoms with Crippen molar-refractivity contribution in [3.8, 4) is 5.75 Å². The summed E-state index contributed by atoms with van der Waals surface area (Å²) in [5, 5.41) is 2.01. The van der Waals surface area contributed by atoms with Crippen LogP contribution < -0.4 is 4.74 Å². The van der Waals surface area contributed by atoms with Gasteiger partial charge in [-0.1, -0.05) is 12.1 Å². The number of ether oxygens (including phenoxy) is 1. The molecule has 1 aromatic heterocycles. The van der Waals surface area contributed by atoms with Crippen LogP contribution in [0.15, 0.2) is 35.7 Å². The number of benzene rings is 1. The molecule has 16 heavy (non-hydrogen) atoms. The Hall–Kier alpha value is -0.990. The molecule has 0 bridgehead atoms. The molecule has 1 unspecified atom stereocenters. The SMILES string of the molecule is COc1ccc(C(Cl)c2sccc2C)cc1. The first-order valence-corrected chi connectivity index (χ1v) is 6.36. The predicted molar refractivity (Wildman–Crippen MR) is 69.7 cm³/mol. The zero-order valence-corrected chi connectivity index (χ0v) is 10.8. The molecule has 1 atom stereocenters. The van der Waals surface area contributed by atoms with E-state index in [0.29, 0.717) is 0 Å². The summed E-state index contributed by atoms with van der Waals surface area (Å²) in [6.07, 6.45) is 0. The minimum Gasteiger partial charge on any atom is -0.497 e. The van der Waals surface area contributed by atoms with E-state index in [9.17, 15) is 0 Å². The van der Waals surface area contributed by atoms with Crippen LogP contribution in [0.2, 0.25) is 0 Å². The summed E-state index contributed by atoms with van der Waals surface area (Å²) in [7, 11) is 1.66. The number of hydrogen-bond acceptors (Lipinski definition) is 2. The van der Waals surface area contributed by atoms with Crippen LogP contribution in [0.5, 0.6) is 5.75 Å². The van der Waals surface area contributed by atoms with Gasteiger partial charge in [-0.25, -0.2) is 0 Å². The number of methoxy groups -OCH3 is 1. The van der Waals surface area contributed by atoms with Crippen LogP contribution >= 0.6 is 22.9 Å². The van der Waals surface area contributed by atoms with Gasteiger partial charge in [0.2, 0.25) is 0 Å². The topological polar surface area (TPSA) is 9.23 Å². The highest BCUT2D eigenvalue weighted by Gasteiger charge is 2.14. The average Bonchev–Trinajstić information content (AvgIpc) is 2.75. The molecule has 0 fully saturated rings. The maximum Gasteiger partial charge on any atom is 0.118 e. The lowest BCUT2D eigenvalue weighted by Crippen LogP contribution is -1.92. The van der Waals surface area contributed by atoms with Crippen LogP contribution in [-0.2, 0) is 0 Å². The molecule has 84 valence electrons. The third-order valence-electron chi connectivity index (χ3n) is 2.54. The highest BCUT2D eigenvalue weighted by molar-refractivity contribution is 7.10. The minimum absolute atomic E-state index is 0.0640. The maximum atomic E-state index is 6.44. The van der Waals surface area contributed by atoms with Gasteiger partial charge in [0.1, 0.15) is 5.75 Å². The highest BCUT2D eigenvalue weighted by Crippen LogP contribution is 2.35. The first-order valence-electron chi connectivity index (χ1n) is 5.04. The summed E-state index contributed by atoms with van der Waals surface area (Å²) >= 11 is 8.14. The Bertz CT molecular complexity index is 461. The summed E-state index contributed by atoms with van der Waals surface area (Å²) in [6.45, 7) is 2.09. The molecule has 0 saturated carbocycles. The molecule has 1 heterocycles. The van der Waals surface area contributed by atoms with Crippen molar-refractivity contribution in [2.24, 2.45) is 0 Å².